The van der Waals surface area contributed by atoms with Gasteiger partial charge in [0.15, 0.2) is 0 Å². The van der Waals surface area contributed by atoms with Crippen LogP contribution in [0.1, 0.15) is 17.3 Å². The minimum atomic E-state index is -0.593. The van der Waals surface area contributed by atoms with Crippen molar-refractivity contribution in [3.8, 4) is 5.75 Å². The molecule has 24 heavy (non-hydrogen) atoms. The van der Waals surface area contributed by atoms with Gasteiger partial charge in [0.1, 0.15) is 11.6 Å². The fourth-order valence-corrected chi connectivity index (χ4v) is 2.51. The quantitative estimate of drug-likeness (QED) is 0.775. The summed E-state index contributed by atoms with van der Waals surface area (Å²) in [6.07, 6.45) is 0. The maximum atomic E-state index is 13.8. The van der Waals surface area contributed by atoms with Crippen molar-refractivity contribution < 1.29 is 18.7 Å². The zero-order chi connectivity index (χ0) is 17.9. The smallest absolute Gasteiger partial charge is 0.259 e. The van der Waals surface area contributed by atoms with Gasteiger partial charge in [-0.1, -0.05) is 27.5 Å². The van der Waals surface area contributed by atoms with Crippen LogP contribution in [0.4, 0.5) is 15.8 Å². The Morgan fingerprint density at radius 2 is 1.88 bits per heavy atom. The molecule has 0 fully saturated rings. The highest BCUT2D eigenvalue weighted by Crippen LogP contribution is 2.32. The van der Waals surface area contributed by atoms with Crippen molar-refractivity contribution in [3.05, 3.63) is 51.2 Å². The average molecular weight is 416 g/mol. The Morgan fingerprint density at radius 1 is 1.17 bits per heavy atom. The van der Waals surface area contributed by atoms with Crippen LogP contribution in [0.15, 0.2) is 34.8 Å². The second-order valence-electron chi connectivity index (χ2n) is 4.79. The average Bonchev–Trinajstić information content (AvgIpc) is 2.51. The van der Waals surface area contributed by atoms with Crippen LogP contribution in [0, 0.1) is 5.82 Å². The highest BCUT2D eigenvalue weighted by molar-refractivity contribution is 9.10. The topological polar surface area (TPSA) is 67.4 Å². The molecule has 0 aliphatic carbocycles. The van der Waals surface area contributed by atoms with Crippen LogP contribution < -0.4 is 15.4 Å². The first-order chi connectivity index (χ1) is 11.3. The minimum Gasteiger partial charge on any atom is -0.496 e. The zero-order valence-electron chi connectivity index (χ0n) is 12.7. The summed E-state index contributed by atoms with van der Waals surface area (Å²) < 4.78 is 19.6. The third-order valence-electron chi connectivity index (χ3n) is 3.02. The molecule has 8 heteroatoms. The first-order valence-electron chi connectivity index (χ1n) is 6.73. The first kappa shape index (κ1) is 18.2. The Balaban J connectivity index is 2.34. The van der Waals surface area contributed by atoms with Crippen LogP contribution in [-0.4, -0.2) is 18.9 Å². The van der Waals surface area contributed by atoms with E-state index in [1.54, 1.807) is 6.07 Å². The summed E-state index contributed by atoms with van der Waals surface area (Å²) in [5.41, 5.74) is 0.443. The predicted molar refractivity (Wildman–Crippen MR) is 94.4 cm³/mol. The van der Waals surface area contributed by atoms with Gasteiger partial charge in [0, 0.05) is 17.5 Å². The molecule has 0 heterocycles. The number of nitrogens with one attached hydrogen (secondary N) is 2. The molecule has 0 saturated carbocycles. The summed E-state index contributed by atoms with van der Waals surface area (Å²) >= 11 is 9.21. The van der Waals surface area contributed by atoms with Crippen molar-refractivity contribution in [3.63, 3.8) is 0 Å². The van der Waals surface area contributed by atoms with Gasteiger partial charge in [0.2, 0.25) is 5.91 Å². The maximum absolute atomic E-state index is 13.8. The second-order valence-corrected chi connectivity index (χ2v) is 6.11. The molecular weight excluding hydrogens is 403 g/mol. The van der Waals surface area contributed by atoms with Gasteiger partial charge in [-0.15, -0.1) is 0 Å². The molecule has 0 radical (unpaired) electrons. The van der Waals surface area contributed by atoms with E-state index >= 15 is 0 Å². The number of benzene rings is 2. The van der Waals surface area contributed by atoms with Crippen LogP contribution in [0.25, 0.3) is 0 Å². The summed E-state index contributed by atoms with van der Waals surface area (Å²) in [5, 5.41) is 5.15. The van der Waals surface area contributed by atoms with Crippen LogP contribution >= 0.6 is 27.5 Å². The molecule has 0 aliphatic rings. The number of carbonyl (C=O) groups excluding carboxylic acids is 2. The van der Waals surface area contributed by atoms with Crippen LogP contribution in [-0.2, 0) is 4.79 Å². The third kappa shape index (κ3) is 4.24. The third-order valence-corrected chi connectivity index (χ3v) is 3.83. The van der Waals surface area contributed by atoms with Crippen molar-refractivity contribution in [1.29, 1.82) is 0 Å². The number of rotatable bonds is 4. The molecule has 2 N–H and O–H groups in total. The fraction of sp³-hybridized carbons (Fsp3) is 0.125. The van der Waals surface area contributed by atoms with E-state index in [2.05, 4.69) is 26.6 Å². The monoisotopic (exact) mass is 414 g/mol. The van der Waals surface area contributed by atoms with Crippen LogP contribution in [0.2, 0.25) is 5.02 Å². The van der Waals surface area contributed by atoms with Gasteiger partial charge >= 0.3 is 0 Å². The van der Waals surface area contributed by atoms with E-state index in [4.69, 9.17) is 16.3 Å². The molecule has 2 amide bonds. The number of ether oxygens (including phenoxy) is 1. The van der Waals surface area contributed by atoms with Crippen molar-refractivity contribution >= 4 is 50.7 Å². The summed E-state index contributed by atoms with van der Waals surface area (Å²) in [7, 11) is 1.37. The lowest BCUT2D eigenvalue weighted by Crippen LogP contribution is -2.15. The van der Waals surface area contributed by atoms with Crippen molar-refractivity contribution in [2.75, 3.05) is 17.7 Å². The van der Waals surface area contributed by atoms with E-state index in [1.807, 2.05) is 0 Å². The fourth-order valence-electron chi connectivity index (χ4n) is 1.97. The standard InChI is InChI=1S/C16H13BrClFN2O3/c1-8(22)20-14-7-15(24-2)10(6-11(14)18)16(23)21-13-4-3-9(17)5-12(13)19/h3-7H,1-2H3,(H,20,22)(H,21,23). The molecule has 0 unspecified atom stereocenters. The van der Waals surface area contributed by atoms with E-state index in [0.717, 1.165) is 0 Å². The zero-order valence-corrected chi connectivity index (χ0v) is 15.1. The molecule has 0 saturated heterocycles. The van der Waals surface area contributed by atoms with Crippen LogP contribution in [0.3, 0.4) is 0 Å². The number of hydrogen-bond donors (Lipinski definition) is 2. The molecule has 2 aromatic carbocycles. The molecule has 126 valence electrons. The molecule has 0 aliphatic heterocycles. The molecule has 5 nitrogen and oxygen atoms in total. The van der Waals surface area contributed by atoms with E-state index in [9.17, 15) is 14.0 Å². The molecule has 0 atom stereocenters. The van der Waals surface area contributed by atoms with Crippen LogP contribution in [0.5, 0.6) is 5.75 Å². The number of carbonyl (C=O) groups is 2. The summed E-state index contributed by atoms with van der Waals surface area (Å²) in [5.74, 6) is -1.30. The van der Waals surface area contributed by atoms with Gasteiger partial charge in [-0.25, -0.2) is 4.39 Å². The maximum Gasteiger partial charge on any atom is 0.259 e. The van der Waals surface area contributed by atoms with Gasteiger partial charge in [0.25, 0.3) is 5.91 Å². The van der Waals surface area contributed by atoms with E-state index < -0.39 is 11.7 Å². The summed E-state index contributed by atoms with van der Waals surface area (Å²) in [6, 6.07) is 7.04. The van der Waals surface area contributed by atoms with E-state index in [0.29, 0.717) is 10.2 Å². The second kappa shape index (κ2) is 7.63. The molecule has 0 bridgehead atoms. The summed E-state index contributed by atoms with van der Waals surface area (Å²) in [6.45, 7) is 1.33. The lowest BCUT2D eigenvalue weighted by atomic mass is 10.1. The number of methoxy groups -OCH3 is 1. The number of anilines is 2. The Morgan fingerprint density at radius 3 is 2.46 bits per heavy atom. The molecule has 0 spiro atoms. The largest absolute Gasteiger partial charge is 0.496 e. The Bertz CT molecular complexity index is 814. The van der Waals surface area contributed by atoms with E-state index in [1.165, 1.54) is 38.3 Å². The summed E-state index contributed by atoms with van der Waals surface area (Å²) in [4.78, 5) is 23.6. The van der Waals surface area contributed by atoms with Gasteiger partial charge in [0.05, 0.1) is 29.1 Å². The Labute approximate surface area is 151 Å². The Kier molecular flexibility index (Phi) is 5.80. The van der Waals surface area contributed by atoms with Gasteiger partial charge in [-0.3, -0.25) is 9.59 Å². The SMILES string of the molecule is COc1cc(NC(C)=O)c(Cl)cc1C(=O)Nc1ccc(Br)cc1F. The highest BCUT2D eigenvalue weighted by Gasteiger charge is 2.18. The van der Waals surface area contributed by atoms with Gasteiger partial charge < -0.3 is 15.4 Å². The lowest BCUT2D eigenvalue weighted by Gasteiger charge is -2.13. The normalized spacial score (nSPS) is 10.2. The van der Waals surface area contributed by atoms with Crippen molar-refractivity contribution in [1.82, 2.24) is 0 Å². The lowest BCUT2D eigenvalue weighted by molar-refractivity contribution is -0.114. The first-order valence-corrected chi connectivity index (χ1v) is 7.90. The molecule has 2 aromatic rings. The van der Waals surface area contributed by atoms with Crippen molar-refractivity contribution in [2.45, 2.75) is 6.92 Å². The number of hydrogen-bond acceptors (Lipinski definition) is 3. The van der Waals surface area contributed by atoms with Gasteiger partial charge in [-0.05, 0) is 24.3 Å². The molecule has 0 aromatic heterocycles. The highest BCUT2D eigenvalue weighted by atomic mass is 79.9. The number of amides is 2. The number of halogens is 3. The van der Waals surface area contributed by atoms with Gasteiger partial charge in [-0.2, -0.15) is 0 Å². The minimum absolute atomic E-state index is 0.0207. The predicted octanol–water partition coefficient (Wildman–Crippen LogP) is 4.46. The molecular formula is C16H13BrClFN2O3. The van der Waals surface area contributed by atoms with Crippen molar-refractivity contribution in [2.24, 2.45) is 0 Å². The Hall–Kier alpha value is -2.12. The molecule has 2 rings (SSSR count). The van der Waals surface area contributed by atoms with E-state index in [-0.39, 0.29) is 27.9 Å².